The van der Waals surface area contributed by atoms with E-state index >= 15 is 0 Å². The van der Waals surface area contributed by atoms with Crippen molar-refractivity contribution in [3.63, 3.8) is 0 Å². The molecule has 2 aliphatic rings. The van der Waals surface area contributed by atoms with Gasteiger partial charge in [-0.05, 0) is 39.0 Å². The second-order valence-electron chi connectivity index (χ2n) is 7.30. The first-order chi connectivity index (χ1) is 10.0. The Hall–Kier alpha value is -0.870. The Bertz CT molecular complexity index is 484. The smallest absolute Gasteiger partial charge is 0.0951 e. The number of nitrogens with zero attached hydrogens (tertiary/aromatic N) is 3. The molecule has 0 amide bonds. The molecule has 4 heteroatoms. The van der Waals surface area contributed by atoms with Gasteiger partial charge >= 0.3 is 0 Å². The summed E-state index contributed by atoms with van der Waals surface area (Å²) in [7, 11) is 0. The van der Waals surface area contributed by atoms with E-state index < -0.39 is 5.60 Å². The summed E-state index contributed by atoms with van der Waals surface area (Å²) in [5.74, 6) is 1.14. The van der Waals surface area contributed by atoms with Crippen molar-refractivity contribution in [1.82, 2.24) is 14.5 Å². The van der Waals surface area contributed by atoms with Crippen molar-refractivity contribution >= 4 is 0 Å². The molecule has 2 fully saturated rings. The number of fused-ring (bicyclic) bond motifs is 1. The third-order valence-corrected chi connectivity index (χ3v) is 5.69. The van der Waals surface area contributed by atoms with E-state index in [0.29, 0.717) is 17.9 Å². The molecule has 1 aromatic rings. The van der Waals surface area contributed by atoms with Crippen LogP contribution in [0.2, 0.25) is 0 Å². The number of aromatic nitrogens is 2. The van der Waals surface area contributed by atoms with E-state index in [1.165, 1.54) is 18.5 Å². The fourth-order valence-electron chi connectivity index (χ4n) is 4.43. The fourth-order valence-corrected chi connectivity index (χ4v) is 4.43. The van der Waals surface area contributed by atoms with Crippen LogP contribution in [0, 0.1) is 11.8 Å². The Morgan fingerprint density at radius 2 is 2.24 bits per heavy atom. The lowest BCUT2D eigenvalue weighted by Crippen LogP contribution is -2.44. The molecule has 21 heavy (non-hydrogen) atoms. The SMILES string of the molecule is CC[C@]1(O)CCC[C@H]2CN(Cc3cncn3C(C)C)C[C@H]21. The van der Waals surface area contributed by atoms with Crippen molar-refractivity contribution in [3.05, 3.63) is 18.2 Å². The lowest BCUT2D eigenvalue weighted by Gasteiger charge is -2.40. The third kappa shape index (κ3) is 2.76. The van der Waals surface area contributed by atoms with Gasteiger partial charge in [0, 0.05) is 37.8 Å². The molecule has 1 N–H and O–H groups in total. The summed E-state index contributed by atoms with van der Waals surface area (Å²) in [4.78, 5) is 6.83. The molecule has 2 heterocycles. The van der Waals surface area contributed by atoms with Crippen LogP contribution in [0.15, 0.2) is 12.5 Å². The first-order valence-corrected chi connectivity index (χ1v) is 8.49. The number of imidazole rings is 1. The summed E-state index contributed by atoms with van der Waals surface area (Å²) < 4.78 is 2.26. The maximum atomic E-state index is 10.9. The third-order valence-electron chi connectivity index (χ3n) is 5.69. The highest BCUT2D eigenvalue weighted by atomic mass is 16.3. The summed E-state index contributed by atoms with van der Waals surface area (Å²) in [6, 6.07) is 0.458. The zero-order chi connectivity index (χ0) is 15.0. The number of aliphatic hydroxyl groups is 1. The van der Waals surface area contributed by atoms with E-state index in [-0.39, 0.29) is 0 Å². The molecule has 0 radical (unpaired) electrons. The van der Waals surface area contributed by atoms with Crippen LogP contribution in [0.5, 0.6) is 0 Å². The van der Waals surface area contributed by atoms with Gasteiger partial charge in [-0.15, -0.1) is 0 Å². The quantitative estimate of drug-likeness (QED) is 0.927. The normalized spacial score (nSPS) is 33.6. The van der Waals surface area contributed by atoms with Crippen molar-refractivity contribution in [2.45, 2.75) is 64.6 Å². The molecular weight excluding hydrogens is 262 g/mol. The van der Waals surface area contributed by atoms with Gasteiger partial charge in [0.1, 0.15) is 0 Å². The minimum absolute atomic E-state index is 0.421. The number of hydrogen-bond donors (Lipinski definition) is 1. The topological polar surface area (TPSA) is 41.3 Å². The van der Waals surface area contributed by atoms with Crippen LogP contribution in [0.25, 0.3) is 0 Å². The van der Waals surface area contributed by atoms with Crippen LogP contribution in [0.3, 0.4) is 0 Å². The van der Waals surface area contributed by atoms with Gasteiger partial charge in [-0.2, -0.15) is 0 Å². The number of likely N-dealkylation sites (tertiary alicyclic amines) is 1. The van der Waals surface area contributed by atoms with Gasteiger partial charge in [-0.25, -0.2) is 4.98 Å². The molecule has 1 aliphatic carbocycles. The first-order valence-electron chi connectivity index (χ1n) is 8.49. The molecule has 0 bridgehead atoms. The van der Waals surface area contributed by atoms with E-state index in [1.54, 1.807) is 0 Å². The fraction of sp³-hybridized carbons (Fsp3) is 0.824. The lowest BCUT2D eigenvalue weighted by atomic mass is 9.69. The van der Waals surface area contributed by atoms with Crippen molar-refractivity contribution in [2.75, 3.05) is 13.1 Å². The summed E-state index contributed by atoms with van der Waals surface area (Å²) in [5.41, 5.74) is 0.874. The van der Waals surface area contributed by atoms with Gasteiger partial charge in [0.15, 0.2) is 0 Å². The standard InChI is InChI=1S/C17H29N3O/c1-4-17(21)7-5-6-14-9-19(11-16(14)17)10-15-8-18-12-20(15)13(2)3/h8,12-14,16,21H,4-7,9-11H2,1-3H3/t14-,16+,17-/m0/s1. The Labute approximate surface area is 128 Å². The minimum atomic E-state index is -0.421. The minimum Gasteiger partial charge on any atom is -0.390 e. The molecule has 4 nitrogen and oxygen atoms in total. The van der Waals surface area contributed by atoms with Crippen molar-refractivity contribution in [3.8, 4) is 0 Å². The molecule has 3 atom stereocenters. The van der Waals surface area contributed by atoms with E-state index in [1.807, 2.05) is 12.5 Å². The predicted molar refractivity (Wildman–Crippen MR) is 84.0 cm³/mol. The summed E-state index contributed by atoms with van der Waals surface area (Å²) in [5, 5.41) is 10.9. The number of hydrogen-bond acceptors (Lipinski definition) is 3. The van der Waals surface area contributed by atoms with Crippen LogP contribution < -0.4 is 0 Å². The highest BCUT2D eigenvalue weighted by molar-refractivity contribution is 5.04. The molecule has 1 saturated heterocycles. The molecule has 0 spiro atoms. The van der Waals surface area contributed by atoms with Gasteiger partial charge in [0.25, 0.3) is 0 Å². The lowest BCUT2D eigenvalue weighted by molar-refractivity contribution is -0.0613. The van der Waals surface area contributed by atoms with Gasteiger partial charge in [0.05, 0.1) is 17.6 Å². The van der Waals surface area contributed by atoms with Crippen molar-refractivity contribution < 1.29 is 5.11 Å². The van der Waals surface area contributed by atoms with Crippen molar-refractivity contribution in [1.29, 1.82) is 0 Å². The maximum Gasteiger partial charge on any atom is 0.0951 e. The van der Waals surface area contributed by atoms with Gasteiger partial charge in [0.2, 0.25) is 0 Å². The molecule has 1 aromatic heterocycles. The van der Waals surface area contributed by atoms with Crippen LogP contribution in [-0.2, 0) is 6.54 Å². The summed E-state index contributed by atoms with van der Waals surface area (Å²) in [6.45, 7) is 9.67. The molecule has 0 aromatic carbocycles. The molecular formula is C17H29N3O. The molecule has 0 unspecified atom stereocenters. The van der Waals surface area contributed by atoms with Gasteiger partial charge < -0.3 is 9.67 Å². The first kappa shape index (κ1) is 15.0. The van der Waals surface area contributed by atoms with E-state index in [4.69, 9.17) is 0 Å². The monoisotopic (exact) mass is 291 g/mol. The molecule has 118 valence electrons. The van der Waals surface area contributed by atoms with E-state index in [2.05, 4.69) is 35.2 Å². The largest absolute Gasteiger partial charge is 0.390 e. The highest BCUT2D eigenvalue weighted by Gasteiger charge is 2.47. The second kappa shape index (κ2) is 5.73. The van der Waals surface area contributed by atoms with Crippen LogP contribution in [0.1, 0.15) is 58.2 Å². The second-order valence-corrected chi connectivity index (χ2v) is 7.30. The zero-order valence-electron chi connectivity index (χ0n) is 13.6. The predicted octanol–water partition coefficient (Wildman–Crippen LogP) is 2.84. The Morgan fingerprint density at radius 3 is 2.95 bits per heavy atom. The van der Waals surface area contributed by atoms with E-state index in [9.17, 15) is 5.11 Å². The van der Waals surface area contributed by atoms with Crippen molar-refractivity contribution in [2.24, 2.45) is 11.8 Å². The highest BCUT2D eigenvalue weighted by Crippen LogP contribution is 2.44. The number of rotatable bonds is 4. The van der Waals surface area contributed by atoms with Crippen LogP contribution in [0.4, 0.5) is 0 Å². The van der Waals surface area contributed by atoms with Crippen LogP contribution >= 0.6 is 0 Å². The summed E-state index contributed by atoms with van der Waals surface area (Å²) in [6.07, 6.45) is 8.28. The van der Waals surface area contributed by atoms with E-state index in [0.717, 1.165) is 32.5 Å². The van der Waals surface area contributed by atoms with Gasteiger partial charge in [-0.1, -0.05) is 13.3 Å². The summed E-state index contributed by atoms with van der Waals surface area (Å²) >= 11 is 0. The molecule has 1 aliphatic heterocycles. The van der Waals surface area contributed by atoms with Gasteiger partial charge in [-0.3, -0.25) is 4.90 Å². The Balaban J connectivity index is 1.70. The Kier molecular flexibility index (Phi) is 4.10. The average Bonchev–Trinajstić information content (AvgIpc) is 3.06. The molecule has 1 saturated carbocycles. The maximum absolute atomic E-state index is 10.9. The zero-order valence-corrected chi connectivity index (χ0v) is 13.6. The Morgan fingerprint density at radius 1 is 1.43 bits per heavy atom. The average molecular weight is 291 g/mol. The van der Waals surface area contributed by atoms with Crippen LogP contribution in [-0.4, -0.2) is 38.2 Å². The molecule has 3 rings (SSSR count).